The van der Waals surface area contributed by atoms with Gasteiger partial charge in [0.05, 0.1) is 6.61 Å². The second-order valence-corrected chi connectivity index (χ2v) is 3.00. The largest absolute Gasteiger partial charge is 0.490 e. The summed E-state index contributed by atoms with van der Waals surface area (Å²) >= 11 is 0. The number of benzene rings is 1. The number of carbonyl (C=O) groups excluding carboxylic acids is 1. The van der Waals surface area contributed by atoms with Crippen LogP contribution in [-0.2, 0) is 4.74 Å². The zero-order valence-electron chi connectivity index (χ0n) is 8.53. The van der Waals surface area contributed by atoms with E-state index in [0.717, 1.165) is 0 Å². The fraction of sp³-hybridized carbons (Fsp3) is 0.364. The van der Waals surface area contributed by atoms with Crippen LogP contribution in [-0.4, -0.2) is 26.6 Å². The van der Waals surface area contributed by atoms with Crippen LogP contribution in [0.1, 0.15) is 16.8 Å². The van der Waals surface area contributed by atoms with Crippen molar-refractivity contribution in [1.29, 1.82) is 0 Å². The lowest BCUT2D eigenvalue weighted by atomic mass is 10.2. The number of hydrogen-bond acceptors (Lipinski definition) is 3. The van der Waals surface area contributed by atoms with Crippen LogP contribution < -0.4 is 4.74 Å². The topological polar surface area (TPSA) is 35.5 Å². The van der Waals surface area contributed by atoms with Crippen molar-refractivity contribution in [1.82, 2.24) is 0 Å². The van der Waals surface area contributed by atoms with Crippen LogP contribution in [0.2, 0.25) is 0 Å². The van der Waals surface area contributed by atoms with Gasteiger partial charge in [-0.3, -0.25) is 4.79 Å². The Morgan fingerprint density at radius 3 is 2.87 bits per heavy atom. The minimum Gasteiger partial charge on any atom is -0.490 e. The number of methoxy groups -OCH3 is 1. The molecule has 0 amide bonds. The second-order valence-electron chi connectivity index (χ2n) is 3.00. The van der Waals surface area contributed by atoms with Gasteiger partial charge in [0.25, 0.3) is 0 Å². The fourth-order valence-corrected chi connectivity index (χ4v) is 1.09. The molecule has 0 saturated heterocycles. The highest BCUT2D eigenvalue weighted by molar-refractivity contribution is 5.75. The lowest BCUT2D eigenvalue weighted by Gasteiger charge is -2.07. The van der Waals surface area contributed by atoms with Gasteiger partial charge in [0.2, 0.25) is 0 Å². The average molecular weight is 212 g/mol. The van der Waals surface area contributed by atoms with Crippen LogP contribution in [0.3, 0.4) is 0 Å². The van der Waals surface area contributed by atoms with E-state index in [2.05, 4.69) is 0 Å². The van der Waals surface area contributed by atoms with Crippen LogP contribution in [0.25, 0.3) is 0 Å². The van der Waals surface area contributed by atoms with Gasteiger partial charge in [0.15, 0.2) is 11.6 Å². The smallest absolute Gasteiger partial charge is 0.165 e. The van der Waals surface area contributed by atoms with Gasteiger partial charge < -0.3 is 9.47 Å². The van der Waals surface area contributed by atoms with E-state index in [9.17, 15) is 9.18 Å². The van der Waals surface area contributed by atoms with Gasteiger partial charge in [-0.1, -0.05) is 0 Å². The van der Waals surface area contributed by atoms with Gasteiger partial charge in [-0.15, -0.1) is 0 Å². The van der Waals surface area contributed by atoms with Crippen molar-refractivity contribution in [2.24, 2.45) is 0 Å². The van der Waals surface area contributed by atoms with E-state index in [1.807, 2.05) is 0 Å². The van der Waals surface area contributed by atoms with Gasteiger partial charge in [-0.25, -0.2) is 4.39 Å². The summed E-state index contributed by atoms with van der Waals surface area (Å²) in [4.78, 5) is 10.4. The molecular formula is C11H13FO3. The maximum atomic E-state index is 13.1. The zero-order chi connectivity index (χ0) is 11.1. The molecule has 0 N–H and O–H groups in total. The Morgan fingerprint density at radius 1 is 1.40 bits per heavy atom. The molecule has 0 radical (unpaired) electrons. The summed E-state index contributed by atoms with van der Waals surface area (Å²) in [7, 11) is 1.59. The van der Waals surface area contributed by atoms with Gasteiger partial charge in [0, 0.05) is 25.7 Å². The summed E-state index contributed by atoms with van der Waals surface area (Å²) in [6.45, 7) is 0.933. The first-order valence-corrected chi connectivity index (χ1v) is 4.64. The summed E-state index contributed by atoms with van der Waals surface area (Å²) in [6, 6.07) is 4.01. The lowest BCUT2D eigenvalue weighted by molar-refractivity contribution is 0.112. The van der Waals surface area contributed by atoms with Gasteiger partial charge in [-0.2, -0.15) is 0 Å². The Bertz CT molecular complexity index is 326. The van der Waals surface area contributed by atoms with Crippen molar-refractivity contribution >= 4 is 6.29 Å². The lowest BCUT2D eigenvalue weighted by Crippen LogP contribution is -2.03. The molecule has 3 nitrogen and oxygen atoms in total. The summed E-state index contributed by atoms with van der Waals surface area (Å²) in [5.74, 6) is -0.353. The molecule has 1 rings (SSSR count). The molecule has 0 aromatic heterocycles. The molecule has 0 unspecified atom stereocenters. The normalized spacial score (nSPS) is 10.0. The summed E-state index contributed by atoms with van der Waals surface area (Å²) in [5.41, 5.74) is 0.401. The molecule has 1 aromatic rings. The first-order valence-electron chi connectivity index (χ1n) is 4.64. The second kappa shape index (κ2) is 6.14. The molecule has 0 spiro atoms. The molecule has 82 valence electrons. The van der Waals surface area contributed by atoms with Gasteiger partial charge >= 0.3 is 0 Å². The maximum Gasteiger partial charge on any atom is 0.165 e. The standard InChI is InChI=1S/C11H13FO3/c1-14-5-2-6-15-11-7-9(8-13)3-4-10(11)12/h3-4,7-8H,2,5-6H2,1H3. The minimum absolute atomic E-state index is 0.107. The van der Waals surface area contributed by atoms with Crippen LogP contribution in [0.15, 0.2) is 18.2 Å². The number of hydrogen-bond donors (Lipinski definition) is 0. The minimum atomic E-state index is -0.460. The molecule has 4 heteroatoms. The number of halogens is 1. The molecule has 0 aliphatic carbocycles. The van der Waals surface area contributed by atoms with Crippen molar-refractivity contribution in [3.63, 3.8) is 0 Å². The Hall–Kier alpha value is -1.42. The van der Waals surface area contributed by atoms with Crippen molar-refractivity contribution < 1.29 is 18.7 Å². The third-order valence-corrected chi connectivity index (χ3v) is 1.84. The molecule has 0 aliphatic rings. The SMILES string of the molecule is COCCCOc1cc(C=O)ccc1F. The van der Waals surface area contributed by atoms with E-state index in [4.69, 9.17) is 9.47 Å². The van der Waals surface area contributed by atoms with Crippen LogP contribution in [0.5, 0.6) is 5.75 Å². The number of aldehydes is 1. The summed E-state index contributed by atoms with van der Waals surface area (Å²) in [6.07, 6.45) is 1.34. The van der Waals surface area contributed by atoms with Gasteiger partial charge in [-0.05, 0) is 18.2 Å². The number of ether oxygens (including phenoxy) is 2. The third-order valence-electron chi connectivity index (χ3n) is 1.84. The maximum absolute atomic E-state index is 13.1. The molecule has 0 bridgehead atoms. The molecule has 0 saturated carbocycles. The first-order chi connectivity index (χ1) is 7.27. The van der Waals surface area contributed by atoms with E-state index in [1.54, 1.807) is 7.11 Å². The fourth-order valence-electron chi connectivity index (χ4n) is 1.09. The van der Waals surface area contributed by atoms with Crippen molar-refractivity contribution in [3.8, 4) is 5.75 Å². The van der Waals surface area contributed by atoms with E-state index in [-0.39, 0.29) is 5.75 Å². The van der Waals surface area contributed by atoms with Crippen molar-refractivity contribution in [2.75, 3.05) is 20.3 Å². The average Bonchev–Trinajstić information content (AvgIpc) is 2.26. The Kier molecular flexibility index (Phi) is 4.77. The van der Waals surface area contributed by atoms with Crippen LogP contribution >= 0.6 is 0 Å². The highest BCUT2D eigenvalue weighted by Gasteiger charge is 2.04. The monoisotopic (exact) mass is 212 g/mol. The highest BCUT2D eigenvalue weighted by Crippen LogP contribution is 2.17. The van der Waals surface area contributed by atoms with E-state index >= 15 is 0 Å². The molecule has 15 heavy (non-hydrogen) atoms. The van der Waals surface area contributed by atoms with Crippen molar-refractivity contribution in [2.45, 2.75) is 6.42 Å². The van der Waals surface area contributed by atoms with Crippen molar-refractivity contribution in [3.05, 3.63) is 29.6 Å². The summed E-state index contributed by atoms with van der Waals surface area (Å²) < 4.78 is 23.1. The molecule has 1 aromatic carbocycles. The van der Waals surface area contributed by atoms with Gasteiger partial charge in [0.1, 0.15) is 6.29 Å². The number of carbonyl (C=O) groups is 1. The van der Waals surface area contributed by atoms with E-state index in [1.165, 1.54) is 18.2 Å². The zero-order valence-corrected chi connectivity index (χ0v) is 8.53. The molecular weight excluding hydrogens is 199 g/mol. The Morgan fingerprint density at radius 2 is 2.20 bits per heavy atom. The van der Waals surface area contributed by atoms with E-state index < -0.39 is 5.82 Å². The van der Waals surface area contributed by atoms with Crippen LogP contribution in [0, 0.1) is 5.82 Å². The predicted octanol–water partition coefficient (Wildman–Crippen LogP) is 2.05. The quantitative estimate of drug-likeness (QED) is 0.534. The predicted molar refractivity (Wildman–Crippen MR) is 53.8 cm³/mol. The number of rotatable bonds is 6. The molecule has 0 atom stereocenters. The highest BCUT2D eigenvalue weighted by atomic mass is 19.1. The Balaban J connectivity index is 2.55. The molecule has 0 aliphatic heterocycles. The Labute approximate surface area is 87.8 Å². The molecule has 0 heterocycles. The first kappa shape index (κ1) is 11.7. The van der Waals surface area contributed by atoms with E-state index in [0.29, 0.717) is 31.5 Å². The van der Waals surface area contributed by atoms with Crippen LogP contribution in [0.4, 0.5) is 4.39 Å². The third kappa shape index (κ3) is 3.67. The molecule has 0 fully saturated rings. The summed E-state index contributed by atoms with van der Waals surface area (Å²) in [5, 5.41) is 0.